The summed E-state index contributed by atoms with van der Waals surface area (Å²) in [4.78, 5) is 16.1. The Bertz CT molecular complexity index is 858. The summed E-state index contributed by atoms with van der Waals surface area (Å²) >= 11 is 0. The first kappa shape index (κ1) is 14.1. The van der Waals surface area contributed by atoms with Crippen LogP contribution in [0.4, 0.5) is 4.39 Å². The number of esters is 1. The normalized spacial score (nSPS) is 10.7. The summed E-state index contributed by atoms with van der Waals surface area (Å²) in [6.45, 7) is 0. The van der Waals surface area contributed by atoms with Gasteiger partial charge in [-0.25, -0.2) is 14.2 Å². The SMILES string of the molecule is COC(=O)c1ccnc2c1ccn2-c1cc(F)cc(OC)c1. The predicted molar refractivity (Wildman–Crippen MR) is 78.9 cm³/mol. The van der Waals surface area contributed by atoms with E-state index in [0.29, 0.717) is 28.0 Å². The van der Waals surface area contributed by atoms with Gasteiger partial charge in [0, 0.05) is 29.9 Å². The van der Waals surface area contributed by atoms with Crippen molar-refractivity contribution in [2.45, 2.75) is 0 Å². The number of methoxy groups -OCH3 is 2. The molecule has 2 aromatic heterocycles. The summed E-state index contributed by atoms with van der Waals surface area (Å²) in [6, 6.07) is 7.68. The van der Waals surface area contributed by atoms with Crippen LogP contribution in [0.15, 0.2) is 42.7 Å². The smallest absolute Gasteiger partial charge is 0.338 e. The molecule has 112 valence electrons. The van der Waals surface area contributed by atoms with Crippen LogP contribution in [0.3, 0.4) is 0 Å². The number of benzene rings is 1. The molecule has 0 aliphatic carbocycles. The van der Waals surface area contributed by atoms with E-state index >= 15 is 0 Å². The first-order valence-electron chi connectivity index (χ1n) is 6.53. The third-order valence-electron chi connectivity index (χ3n) is 3.36. The van der Waals surface area contributed by atoms with Crippen molar-refractivity contribution in [2.24, 2.45) is 0 Å². The third-order valence-corrected chi connectivity index (χ3v) is 3.36. The molecule has 0 saturated heterocycles. The van der Waals surface area contributed by atoms with Crippen LogP contribution in [0.5, 0.6) is 5.75 Å². The minimum atomic E-state index is -0.443. The van der Waals surface area contributed by atoms with Crippen LogP contribution >= 0.6 is 0 Å². The minimum Gasteiger partial charge on any atom is -0.497 e. The van der Waals surface area contributed by atoms with Crippen molar-refractivity contribution in [1.29, 1.82) is 0 Å². The van der Waals surface area contributed by atoms with E-state index in [1.54, 1.807) is 29.0 Å². The molecule has 0 radical (unpaired) electrons. The topological polar surface area (TPSA) is 53.3 Å². The summed E-state index contributed by atoms with van der Waals surface area (Å²) < 4.78 is 25.2. The summed E-state index contributed by atoms with van der Waals surface area (Å²) in [5, 5.41) is 0.637. The highest BCUT2D eigenvalue weighted by Crippen LogP contribution is 2.25. The van der Waals surface area contributed by atoms with Gasteiger partial charge in [0.15, 0.2) is 0 Å². The van der Waals surface area contributed by atoms with Crippen LogP contribution in [0.25, 0.3) is 16.7 Å². The number of nitrogens with zero attached hydrogens (tertiary/aromatic N) is 2. The van der Waals surface area contributed by atoms with Gasteiger partial charge < -0.3 is 14.0 Å². The number of rotatable bonds is 3. The number of fused-ring (bicyclic) bond motifs is 1. The molecule has 0 saturated carbocycles. The monoisotopic (exact) mass is 300 g/mol. The number of carbonyl (C=O) groups is 1. The van der Waals surface area contributed by atoms with E-state index < -0.39 is 11.8 Å². The van der Waals surface area contributed by atoms with Gasteiger partial charge in [-0.1, -0.05) is 0 Å². The average Bonchev–Trinajstić information content (AvgIpc) is 2.97. The van der Waals surface area contributed by atoms with Gasteiger partial charge in [-0.05, 0) is 18.2 Å². The molecule has 0 atom stereocenters. The summed E-state index contributed by atoms with van der Waals surface area (Å²) in [5.41, 5.74) is 1.51. The van der Waals surface area contributed by atoms with Crippen LogP contribution in [0.2, 0.25) is 0 Å². The van der Waals surface area contributed by atoms with Gasteiger partial charge in [-0.3, -0.25) is 0 Å². The van der Waals surface area contributed by atoms with Gasteiger partial charge in [0.25, 0.3) is 0 Å². The summed E-state index contributed by atoms with van der Waals surface area (Å²) in [5.74, 6) is -0.455. The first-order chi connectivity index (χ1) is 10.6. The molecule has 0 N–H and O–H groups in total. The number of pyridine rings is 1. The third kappa shape index (κ3) is 2.28. The number of aromatic nitrogens is 2. The van der Waals surface area contributed by atoms with Gasteiger partial charge in [0.05, 0.1) is 25.5 Å². The fraction of sp³-hybridized carbons (Fsp3) is 0.125. The Morgan fingerprint density at radius 3 is 2.77 bits per heavy atom. The van der Waals surface area contributed by atoms with Crippen molar-refractivity contribution in [3.05, 3.63) is 54.1 Å². The van der Waals surface area contributed by atoms with Crippen molar-refractivity contribution in [3.63, 3.8) is 0 Å². The minimum absolute atomic E-state index is 0.404. The van der Waals surface area contributed by atoms with Crippen LogP contribution in [-0.2, 0) is 4.74 Å². The molecule has 22 heavy (non-hydrogen) atoms. The van der Waals surface area contributed by atoms with Crippen molar-refractivity contribution < 1.29 is 18.7 Å². The maximum Gasteiger partial charge on any atom is 0.338 e. The Morgan fingerprint density at radius 1 is 1.23 bits per heavy atom. The molecular formula is C16H13FN2O3. The molecule has 2 heterocycles. The van der Waals surface area contributed by atoms with Gasteiger partial charge in [-0.15, -0.1) is 0 Å². The molecule has 3 rings (SSSR count). The van der Waals surface area contributed by atoms with Crippen molar-refractivity contribution >= 4 is 17.0 Å². The number of hydrogen-bond acceptors (Lipinski definition) is 4. The lowest BCUT2D eigenvalue weighted by Gasteiger charge is -2.08. The standard InChI is InChI=1S/C16H13FN2O3/c1-21-12-8-10(17)7-11(9-12)19-6-4-13-14(16(20)22-2)3-5-18-15(13)19/h3-9H,1-2H3. The summed E-state index contributed by atoms with van der Waals surface area (Å²) in [7, 11) is 2.79. The van der Waals surface area contributed by atoms with Gasteiger partial charge in [0.2, 0.25) is 0 Å². The Hall–Kier alpha value is -2.89. The molecule has 0 unspecified atom stereocenters. The molecular weight excluding hydrogens is 287 g/mol. The lowest BCUT2D eigenvalue weighted by Crippen LogP contribution is -2.03. The summed E-state index contributed by atoms with van der Waals surface area (Å²) in [6.07, 6.45) is 3.24. The second kappa shape index (κ2) is 5.48. The van der Waals surface area contributed by atoms with Crippen molar-refractivity contribution in [2.75, 3.05) is 14.2 Å². The van der Waals surface area contributed by atoms with E-state index in [9.17, 15) is 9.18 Å². The lowest BCUT2D eigenvalue weighted by atomic mass is 10.2. The predicted octanol–water partition coefficient (Wildman–Crippen LogP) is 2.96. The fourth-order valence-corrected chi connectivity index (χ4v) is 2.34. The second-order valence-corrected chi connectivity index (χ2v) is 4.62. The van der Waals surface area contributed by atoms with Gasteiger partial charge in [-0.2, -0.15) is 0 Å². The van der Waals surface area contributed by atoms with Crippen LogP contribution in [-0.4, -0.2) is 29.7 Å². The molecule has 0 aliphatic heterocycles. The molecule has 5 nitrogen and oxygen atoms in total. The molecule has 0 fully saturated rings. The zero-order valence-corrected chi connectivity index (χ0v) is 12.0. The zero-order chi connectivity index (χ0) is 15.7. The fourth-order valence-electron chi connectivity index (χ4n) is 2.34. The maximum absolute atomic E-state index is 13.7. The molecule has 0 spiro atoms. The van der Waals surface area contributed by atoms with Crippen molar-refractivity contribution in [3.8, 4) is 11.4 Å². The maximum atomic E-state index is 13.7. The Morgan fingerprint density at radius 2 is 2.05 bits per heavy atom. The van der Waals surface area contributed by atoms with E-state index in [1.165, 1.54) is 32.5 Å². The average molecular weight is 300 g/mol. The Balaban J connectivity index is 2.21. The van der Waals surface area contributed by atoms with E-state index in [2.05, 4.69) is 4.98 Å². The highest BCUT2D eigenvalue weighted by atomic mass is 19.1. The highest BCUT2D eigenvalue weighted by molar-refractivity contribution is 6.03. The van der Waals surface area contributed by atoms with Crippen LogP contribution < -0.4 is 4.74 Å². The zero-order valence-electron chi connectivity index (χ0n) is 12.0. The van der Waals surface area contributed by atoms with E-state index in [0.717, 1.165) is 0 Å². The van der Waals surface area contributed by atoms with Gasteiger partial charge >= 0.3 is 5.97 Å². The quantitative estimate of drug-likeness (QED) is 0.698. The number of halogens is 1. The van der Waals surface area contributed by atoms with E-state index in [1.807, 2.05) is 0 Å². The highest BCUT2D eigenvalue weighted by Gasteiger charge is 2.14. The van der Waals surface area contributed by atoms with E-state index in [4.69, 9.17) is 9.47 Å². The van der Waals surface area contributed by atoms with Crippen LogP contribution in [0, 0.1) is 5.82 Å². The van der Waals surface area contributed by atoms with Crippen LogP contribution in [0.1, 0.15) is 10.4 Å². The van der Waals surface area contributed by atoms with Gasteiger partial charge in [0.1, 0.15) is 17.2 Å². The van der Waals surface area contributed by atoms with Crippen molar-refractivity contribution in [1.82, 2.24) is 9.55 Å². The molecule has 0 bridgehead atoms. The number of carbonyl (C=O) groups excluding carboxylic acids is 1. The lowest BCUT2D eigenvalue weighted by molar-refractivity contribution is 0.0603. The largest absolute Gasteiger partial charge is 0.497 e. The molecule has 0 amide bonds. The Kier molecular flexibility index (Phi) is 3.50. The first-order valence-corrected chi connectivity index (χ1v) is 6.53. The second-order valence-electron chi connectivity index (χ2n) is 4.62. The molecule has 6 heteroatoms. The molecule has 0 aliphatic rings. The number of ether oxygens (including phenoxy) is 2. The molecule has 1 aromatic carbocycles. The Labute approximate surface area is 125 Å². The van der Waals surface area contributed by atoms with E-state index in [-0.39, 0.29) is 0 Å². The molecule has 3 aromatic rings. The number of hydrogen-bond donors (Lipinski definition) is 0.